The minimum atomic E-state index is 0.441. The molecule has 1 atom stereocenters. The van der Waals surface area contributed by atoms with Gasteiger partial charge in [0.05, 0.1) is 13.3 Å². The molecule has 0 saturated heterocycles. The summed E-state index contributed by atoms with van der Waals surface area (Å²) in [6.07, 6.45) is 1.91. The van der Waals surface area contributed by atoms with Gasteiger partial charge in [0.25, 0.3) is 0 Å². The van der Waals surface area contributed by atoms with Gasteiger partial charge in [0.1, 0.15) is 5.69 Å². The molecular weight excluding hydrogens is 164 g/mol. The summed E-state index contributed by atoms with van der Waals surface area (Å²) in [5, 5.41) is 4.39. The Kier molecular flexibility index (Phi) is 2.96. The van der Waals surface area contributed by atoms with Gasteiger partial charge in [0.2, 0.25) is 0 Å². The molecule has 3 nitrogen and oxygen atoms in total. The zero-order valence-corrected chi connectivity index (χ0v) is 9.03. The molecule has 13 heavy (non-hydrogen) atoms. The second-order valence-electron chi connectivity index (χ2n) is 3.79. The summed E-state index contributed by atoms with van der Waals surface area (Å²) in [5.74, 6) is 1.92. The largest absolute Gasteiger partial charge is 0.493 e. The van der Waals surface area contributed by atoms with Crippen molar-refractivity contribution in [1.29, 1.82) is 0 Å². The molecule has 1 rings (SSSR count). The summed E-state index contributed by atoms with van der Waals surface area (Å²) in [6, 6.07) is 0. The van der Waals surface area contributed by atoms with E-state index in [2.05, 4.69) is 25.9 Å². The predicted molar refractivity (Wildman–Crippen MR) is 53.0 cm³/mol. The number of methoxy groups -OCH3 is 1. The molecule has 1 aromatic rings. The second kappa shape index (κ2) is 3.81. The number of aromatic nitrogens is 2. The molecule has 1 aromatic heterocycles. The molecule has 0 N–H and O–H groups in total. The maximum atomic E-state index is 5.25. The van der Waals surface area contributed by atoms with Crippen LogP contribution in [0.4, 0.5) is 0 Å². The van der Waals surface area contributed by atoms with Crippen LogP contribution in [-0.4, -0.2) is 16.9 Å². The van der Waals surface area contributed by atoms with E-state index in [4.69, 9.17) is 4.74 Å². The number of hydrogen-bond acceptors (Lipinski definition) is 2. The van der Waals surface area contributed by atoms with Gasteiger partial charge in [-0.3, -0.25) is 4.68 Å². The van der Waals surface area contributed by atoms with Crippen molar-refractivity contribution >= 4 is 0 Å². The van der Waals surface area contributed by atoms with Crippen LogP contribution in [0.3, 0.4) is 0 Å². The van der Waals surface area contributed by atoms with Gasteiger partial charge in [0.15, 0.2) is 5.75 Å². The highest BCUT2D eigenvalue weighted by Gasteiger charge is 2.18. The lowest BCUT2D eigenvalue weighted by Crippen LogP contribution is -2.04. The Balaban J connectivity index is 2.98. The molecule has 0 bridgehead atoms. The molecule has 0 fully saturated rings. The van der Waals surface area contributed by atoms with Crippen molar-refractivity contribution in [3.8, 4) is 5.75 Å². The van der Waals surface area contributed by atoms with Crippen LogP contribution >= 0.6 is 0 Å². The Labute approximate surface area is 79.7 Å². The Hall–Kier alpha value is -0.990. The van der Waals surface area contributed by atoms with E-state index in [9.17, 15) is 0 Å². The topological polar surface area (TPSA) is 27.1 Å². The molecule has 0 aliphatic heterocycles. The minimum absolute atomic E-state index is 0.441. The van der Waals surface area contributed by atoms with E-state index in [0.29, 0.717) is 11.8 Å². The van der Waals surface area contributed by atoms with Crippen LogP contribution in [0.5, 0.6) is 5.75 Å². The van der Waals surface area contributed by atoms with Crippen molar-refractivity contribution in [3.63, 3.8) is 0 Å². The van der Waals surface area contributed by atoms with Gasteiger partial charge in [0, 0.05) is 13.0 Å². The Morgan fingerprint density at radius 3 is 2.46 bits per heavy atom. The quantitative estimate of drug-likeness (QED) is 0.716. The predicted octanol–water partition coefficient (Wildman–Crippen LogP) is 2.19. The molecule has 0 saturated carbocycles. The fourth-order valence-electron chi connectivity index (χ4n) is 1.27. The molecule has 1 unspecified atom stereocenters. The van der Waals surface area contributed by atoms with Crippen molar-refractivity contribution in [1.82, 2.24) is 9.78 Å². The van der Waals surface area contributed by atoms with E-state index in [1.165, 1.54) is 0 Å². The molecule has 0 spiro atoms. The van der Waals surface area contributed by atoms with Crippen LogP contribution in [0.15, 0.2) is 6.20 Å². The lowest BCUT2D eigenvalue weighted by molar-refractivity contribution is 0.398. The molecule has 3 heteroatoms. The molecular formula is C10H18N2O. The van der Waals surface area contributed by atoms with Gasteiger partial charge >= 0.3 is 0 Å². The summed E-state index contributed by atoms with van der Waals surface area (Å²) in [6.45, 7) is 6.56. The molecule has 0 aliphatic carbocycles. The summed E-state index contributed by atoms with van der Waals surface area (Å²) in [4.78, 5) is 0. The van der Waals surface area contributed by atoms with Crippen LogP contribution < -0.4 is 4.74 Å². The Morgan fingerprint density at radius 1 is 1.38 bits per heavy atom. The van der Waals surface area contributed by atoms with E-state index in [1.807, 2.05) is 13.2 Å². The Morgan fingerprint density at radius 2 is 2.00 bits per heavy atom. The van der Waals surface area contributed by atoms with Gasteiger partial charge in [-0.15, -0.1) is 0 Å². The normalized spacial score (nSPS) is 13.4. The van der Waals surface area contributed by atoms with Crippen molar-refractivity contribution in [2.75, 3.05) is 7.11 Å². The third-order valence-corrected chi connectivity index (χ3v) is 2.47. The van der Waals surface area contributed by atoms with E-state index in [1.54, 1.807) is 11.8 Å². The minimum Gasteiger partial charge on any atom is -0.493 e. The van der Waals surface area contributed by atoms with Crippen LogP contribution in [0.1, 0.15) is 32.4 Å². The van der Waals surface area contributed by atoms with Crippen LogP contribution in [0, 0.1) is 5.92 Å². The van der Waals surface area contributed by atoms with Crippen molar-refractivity contribution < 1.29 is 4.74 Å². The SMILES string of the molecule is COc1cn(C)nc1C(C)C(C)C. The van der Waals surface area contributed by atoms with Crippen molar-refractivity contribution in [2.45, 2.75) is 26.7 Å². The van der Waals surface area contributed by atoms with Gasteiger partial charge in [-0.1, -0.05) is 20.8 Å². The number of ether oxygens (including phenoxy) is 1. The van der Waals surface area contributed by atoms with E-state index in [0.717, 1.165) is 11.4 Å². The first-order valence-corrected chi connectivity index (χ1v) is 4.63. The van der Waals surface area contributed by atoms with E-state index >= 15 is 0 Å². The number of rotatable bonds is 3. The third kappa shape index (κ3) is 2.02. The van der Waals surface area contributed by atoms with Crippen LogP contribution in [-0.2, 0) is 7.05 Å². The van der Waals surface area contributed by atoms with Gasteiger partial charge in [-0.05, 0) is 5.92 Å². The first-order chi connectivity index (χ1) is 6.06. The molecule has 74 valence electrons. The average molecular weight is 182 g/mol. The first-order valence-electron chi connectivity index (χ1n) is 4.63. The zero-order chi connectivity index (χ0) is 10.0. The van der Waals surface area contributed by atoms with Gasteiger partial charge in [-0.2, -0.15) is 5.10 Å². The summed E-state index contributed by atoms with van der Waals surface area (Å²) >= 11 is 0. The fourth-order valence-corrected chi connectivity index (χ4v) is 1.27. The molecule has 0 amide bonds. The number of nitrogens with zero attached hydrogens (tertiary/aromatic N) is 2. The molecule has 0 radical (unpaired) electrons. The number of aryl methyl sites for hydroxylation is 1. The summed E-state index contributed by atoms with van der Waals surface area (Å²) in [5.41, 5.74) is 1.06. The van der Waals surface area contributed by atoms with Crippen LogP contribution in [0.2, 0.25) is 0 Å². The summed E-state index contributed by atoms with van der Waals surface area (Å²) in [7, 11) is 3.60. The van der Waals surface area contributed by atoms with Crippen LogP contribution in [0.25, 0.3) is 0 Å². The monoisotopic (exact) mass is 182 g/mol. The number of hydrogen-bond donors (Lipinski definition) is 0. The average Bonchev–Trinajstić information content (AvgIpc) is 2.45. The zero-order valence-electron chi connectivity index (χ0n) is 9.03. The smallest absolute Gasteiger partial charge is 0.160 e. The lowest BCUT2D eigenvalue weighted by atomic mass is 9.94. The lowest BCUT2D eigenvalue weighted by Gasteiger charge is -2.13. The molecule has 1 heterocycles. The summed E-state index contributed by atoms with van der Waals surface area (Å²) < 4.78 is 7.05. The highest BCUT2D eigenvalue weighted by Crippen LogP contribution is 2.29. The highest BCUT2D eigenvalue weighted by molar-refractivity contribution is 5.27. The van der Waals surface area contributed by atoms with Gasteiger partial charge in [-0.25, -0.2) is 0 Å². The highest BCUT2D eigenvalue weighted by atomic mass is 16.5. The second-order valence-corrected chi connectivity index (χ2v) is 3.79. The van der Waals surface area contributed by atoms with Crippen molar-refractivity contribution in [2.24, 2.45) is 13.0 Å². The maximum absolute atomic E-state index is 5.25. The van der Waals surface area contributed by atoms with E-state index < -0.39 is 0 Å². The molecule has 0 aromatic carbocycles. The Bertz CT molecular complexity index is 278. The maximum Gasteiger partial charge on any atom is 0.160 e. The molecule has 0 aliphatic rings. The fraction of sp³-hybridized carbons (Fsp3) is 0.700. The van der Waals surface area contributed by atoms with Gasteiger partial charge < -0.3 is 4.74 Å². The standard InChI is InChI=1S/C10H18N2O/c1-7(2)8(3)10-9(13-5)6-12(4)11-10/h6-8H,1-5H3. The van der Waals surface area contributed by atoms with Crippen molar-refractivity contribution in [3.05, 3.63) is 11.9 Å². The first kappa shape index (κ1) is 10.1. The van der Waals surface area contributed by atoms with E-state index in [-0.39, 0.29) is 0 Å². The third-order valence-electron chi connectivity index (χ3n) is 2.47.